The van der Waals surface area contributed by atoms with E-state index < -0.39 is 0 Å². The first kappa shape index (κ1) is 13.8. The highest BCUT2D eigenvalue weighted by atomic mass is 32.1. The Balaban J connectivity index is 1.68. The molecule has 0 radical (unpaired) electrons. The summed E-state index contributed by atoms with van der Waals surface area (Å²) in [6.45, 7) is 1.30. The first-order chi connectivity index (χ1) is 10.3. The van der Waals surface area contributed by atoms with Crippen LogP contribution in [-0.2, 0) is 13.0 Å². The average molecular weight is 300 g/mol. The summed E-state index contributed by atoms with van der Waals surface area (Å²) >= 11 is 1.59. The fourth-order valence-electron chi connectivity index (χ4n) is 1.97. The van der Waals surface area contributed by atoms with Gasteiger partial charge < -0.3 is 5.73 Å². The SMILES string of the molecule is NCCCc1cn(Cc2csc(-c3ccccn3)n2)nn1. The van der Waals surface area contributed by atoms with Crippen molar-refractivity contribution in [3.8, 4) is 10.7 Å². The quantitative estimate of drug-likeness (QED) is 0.749. The molecule has 0 unspecified atom stereocenters. The lowest BCUT2D eigenvalue weighted by atomic mass is 10.2. The summed E-state index contributed by atoms with van der Waals surface area (Å²) < 4.78 is 1.81. The van der Waals surface area contributed by atoms with Crippen LogP contribution in [0, 0.1) is 0 Å². The van der Waals surface area contributed by atoms with Gasteiger partial charge in [0.1, 0.15) is 5.01 Å². The molecule has 0 aliphatic carbocycles. The van der Waals surface area contributed by atoms with E-state index in [2.05, 4.69) is 20.3 Å². The zero-order chi connectivity index (χ0) is 14.5. The molecule has 0 amide bonds. The minimum Gasteiger partial charge on any atom is -0.330 e. The van der Waals surface area contributed by atoms with Gasteiger partial charge in [-0.1, -0.05) is 11.3 Å². The second-order valence-electron chi connectivity index (χ2n) is 4.66. The molecule has 0 spiro atoms. The van der Waals surface area contributed by atoms with Crippen LogP contribution in [0.5, 0.6) is 0 Å². The Morgan fingerprint density at radius 3 is 3.00 bits per heavy atom. The molecule has 3 aromatic heterocycles. The topological polar surface area (TPSA) is 82.5 Å². The van der Waals surface area contributed by atoms with Gasteiger partial charge in [0.25, 0.3) is 0 Å². The lowest BCUT2D eigenvalue weighted by Gasteiger charge is -1.96. The van der Waals surface area contributed by atoms with Gasteiger partial charge in [0.05, 0.1) is 23.6 Å². The highest BCUT2D eigenvalue weighted by molar-refractivity contribution is 7.13. The van der Waals surface area contributed by atoms with Crippen molar-refractivity contribution in [1.82, 2.24) is 25.0 Å². The molecule has 2 N–H and O–H groups in total. The molecule has 7 heteroatoms. The third-order valence-corrected chi connectivity index (χ3v) is 3.90. The van der Waals surface area contributed by atoms with Crippen LogP contribution < -0.4 is 5.73 Å². The molecule has 21 heavy (non-hydrogen) atoms. The summed E-state index contributed by atoms with van der Waals surface area (Å²) in [6, 6.07) is 5.82. The highest BCUT2D eigenvalue weighted by Crippen LogP contribution is 2.21. The Bertz CT molecular complexity index is 690. The first-order valence-corrected chi connectivity index (χ1v) is 7.68. The van der Waals surface area contributed by atoms with Crippen molar-refractivity contribution in [3.05, 3.63) is 47.4 Å². The van der Waals surface area contributed by atoms with Crippen molar-refractivity contribution < 1.29 is 0 Å². The third kappa shape index (κ3) is 3.50. The molecule has 0 saturated heterocycles. The number of nitrogens with zero attached hydrogens (tertiary/aromatic N) is 5. The van der Waals surface area contributed by atoms with E-state index in [0.29, 0.717) is 13.1 Å². The molecule has 3 aromatic rings. The van der Waals surface area contributed by atoms with Gasteiger partial charge in [-0.3, -0.25) is 4.98 Å². The third-order valence-electron chi connectivity index (χ3n) is 2.98. The number of hydrogen-bond acceptors (Lipinski definition) is 6. The predicted molar refractivity (Wildman–Crippen MR) is 81.8 cm³/mol. The molecular weight excluding hydrogens is 284 g/mol. The summed E-state index contributed by atoms with van der Waals surface area (Å²) in [6.07, 6.45) is 5.53. The molecule has 6 nitrogen and oxygen atoms in total. The Labute approximate surface area is 126 Å². The lowest BCUT2D eigenvalue weighted by molar-refractivity contribution is 0.640. The number of nitrogens with two attached hydrogens (primary N) is 1. The summed E-state index contributed by atoms with van der Waals surface area (Å²) in [7, 11) is 0. The van der Waals surface area contributed by atoms with Crippen LogP contribution in [0.3, 0.4) is 0 Å². The van der Waals surface area contributed by atoms with Gasteiger partial charge in [0, 0.05) is 17.8 Å². The summed E-state index contributed by atoms with van der Waals surface area (Å²) in [5.74, 6) is 0. The number of rotatable bonds is 6. The van der Waals surface area contributed by atoms with E-state index in [-0.39, 0.29) is 0 Å². The number of pyridine rings is 1. The van der Waals surface area contributed by atoms with E-state index in [1.807, 2.05) is 34.5 Å². The normalized spacial score (nSPS) is 10.9. The van der Waals surface area contributed by atoms with Crippen LogP contribution in [0.1, 0.15) is 17.8 Å². The minimum absolute atomic E-state index is 0.624. The fourth-order valence-corrected chi connectivity index (χ4v) is 2.75. The maximum atomic E-state index is 5.50. The molecule has 108 valence electrons. The zero-order valence-electron chi connectivity index (χ0n) is 11.5. The molecule has 0 aromatic carbocycles. The van der Waals surface area contributed by atoms with Crippen LogP contribution in [0.15, 0.2) is 36.0 Å². The smallest absolute Gasteiger partial charge is 0.142 e. The van der Waals surface area contributed by atoms with Gasteiger partial charge in [-0.25, -0.2) is 9.67 Å². The number of thiazole rings is 1. The van der Waals surface area contributed by atoms with Crippen LogP contribution >= 0.6 is 11.3 Å². The van der Waals surface area contributed by atoms with Gasteiger partial charge in [-0.2, -0.15) is 0 Å². The lowest BCUT2D eigenvalue weighted by Crippen LogP contribution is -2.01. The van der Waals surface area contributed by atoms with Gasteiger partial charge >= 0.3 is 0 Å². The van der Waals surface area contributed by atoms with E-state index in [9.17, 15) is 0 Å². The average Bonchev–Trinajstić information content (AvgIpc) is 3.16. The van der Waals surface area contributed by atoms with Crippen LogP contribution in [-0.4, -0.2) is 31.5 Å². The maximum absolute atomic E-state index is 5.50. The Kier molecular flexibility index (Phi) is 4.32. The standard InChI is InChI=1S/C14H16N6S/c15-6-3-4-11-8-20(19-18-11)9-12-10-21-14(17-12)13-5-1-2-7-16-13/h1-2,5,7-8,10H,3-4,6,9,15H2. The number of aromatic nitrogens is 5. The minimum atomic E-state index is 0.624. The second kappa shape index (κ2) is 6.55. The van der Waals surface area contributed by atoms with Crippen molar-refractivity contribution in [2.24, 2.45) is 5.73 Å². The van der Waals surface area contributed by atoms with Gasteiger partial charge in [-0.05, 0) is 31.5 Å². The van der Waals surface area contributed by atoms with Crippen molar-refractivity contribution >= 4 is 11.3 Å². The molecule has 0 saturated carbocycles. The van der Waals surface area contributed by atoms with Crippen molar-refractivity contribution in [3.63, 3.8) is 0 Å². The molecule has 0 aliphatic heterocycles. The molecule has 0 bridgehead atoms. The summed E-state index contributed by atoms with van der Waals surface area (Å²) in [4.78, 5) is 8.90. The zero-order valence-corrected chi connectivity index (χ0v) is 12.3. The van der Waals surface area contributed by atoms with E-state index in [0.717, 1.165) is 34.9 Å². The van der Waals surface area contributed by atoms with Gasteiger partial charge in [0.2, 0.25) is 0 Å². The van der Waals surface area contributed by atoms with E-state index in [4.69, 9.17) is 5.73 Å². The monoisotopic (exact) mass is 300 g/mol. The fraction of sp³-hybridized carbons (Fsp3) is 0.286. The number of hydrogen-bond donors (Lipinski definition) is 1. The van der Waals surface area contributed by atoms with Crippen LogP contribution in [0.2, 0.25) is 0 Å². The number of aryl methyl sites for hydroxylation is 1. The van der Waals surface area contributed by atoms with Crippen molar-refractivity contribution in [1.29, 1.82) is 0 Å². The van der Waals surface area contributed by atoms with E-state index >= 15 is 0 Å². The molecule has 3 rings (SSSR count). The molecule has 0 atom stereocenters. The largest absolute Gasteiger partial charge is 0.330 e. The van der Waals surface area contributed by atoms with Gasteiger partial charge in [0.15, 0.2) is 0 Å². The van der Waals surface area contributed by atoms with Crippen molar-refractivity contribution in [2.45, 2.75) is 19.4 Å². The molecule has 0 fully saturated rings. The molecule has 0 aliphatic rings. The van der Waals surface area contributed by atoms with E-state index in [1.54, 1.807) is 17.5 Å². The Morgan fingerprint density at radius 1 is 1.24 bits per heavy atom. The summed E-state index contributed by atoms with van der Waals surface area (Å²) in [5, 5.41) is 11.2. The first-order valence-electron chi connectivity index (χ1n) is 6.80. The van der Waals surface area contributed by atoms with Crippen LogP contribution in [0.4, 0.5) is 0 Å². The summed E-state index contributed by atoms with van der Waals surface area (Å²) in [5.41, 5.74) is 8.34. The highest BCUT2D eigenvalue weighted by Gasteiger charge is 2.07. The van der Waals surface area contributed by atoms with E-state index in [1.165, 1.54) is 0 Å². The van der Waals surface area contributed by atoms with Crippen molar-refractivity contribution in [2.75, 3.05) is 6.54 Å². The Morgan fingerprint density at radius 2 is 2.19 bits per heavy atom. The Hall–Kier alpha value is -2.12. The predicted octanol–water partition coefficient (Wildman–Crippen LogP) is 1.74. The van der Waals surface area contributed by atoms with Gasteiger partial charge in [-0.15, -0.1) is 16.4 Å². The molecule has 3 heterocycles. The van der Waals surface area contributed by atoms with Crippen LogP contribution in [0.25, 0.3) is 10.7 Å². The molecular formula is C14H16N6S. The second-order valence-corrected chi connectivity index (χ2v) is 5.52. The maximum Gasteiger partial charge on any atom is 0.142 e.